The van der Waals surface area contributed by atoms with Crippen LogP contribution in [0.1, 0.15) is 40.6 Å². The van der Waals surface area contributed by atoms with E-state index in [1.54, 1.807) is 6.08 Å². The van der Waals surface area contributed by atoms with Crippen molar-refractivity contribution in [3.05, 3.63) is 76.1 Å². The van der Waals surface area contributed by atoms with E-state index in [0.717, 1.165) is 42.5 Å². The number of carbonyl (C=O) groups excluding carboxylic acids is 2. The number of hydrogen-bond acceptors (Lipinski definition) is 3. The first-order valence-electron chi connectivity index (χ1n) is 8.74. The Hall–Kier alpha value is -2.72. The number of hydrogen-bond donors (Lipinski definition) is 0. The molecule has 3 rings (SSSR count). The summed E-state index contributed by atoms with van der Waals surface area (Å²) in [5.74, 6) is -0.000324. The lowest BCUT2D eigenvalue weighted by atomic mass is 10.00. The van der Waals surface area contributed by atoms with Crippen LogP contribution in [0.4, 0.5) is 0 Å². The first kappa shape index (κ1) is 18.1. The van der Waals surface area contributed by atoms with E-state index < -0.39 is 0 Å². The van der Waals surface area contributed by atoms with Gasteiger partial charge in [0.2, 0.25) is 5.78 Å². The Balaban J connectivity index is 2.23. The number of unbranched alkanes of at least 4 members (excludes halogenated alkanes) is 1. The number of thiophene rings is 1. The second-order valence-electron chi connectivity index (χ2n) is 6.02. The van der Waals surface area contributed by atoms with E-state index in [9.17, 15) is 9.59 Å². The maximum Gasteiger partial charge on any atom is 0.205 e. The van der Waals surface area contributed by atoms with Crippen LogP contribution in [0, 0.1) is 0 Å². The van der Waals surface area contributed by atoms with Crippen LogP contribution in [-0.4, -0.2) is 16.6 Å². The molecule has 3 nitrogen and oxygen atoms in total. The summed E-state index contributed by atoms with van der Waals surface area (Å²) in [6, 6.07) is 13.7. The van der Waals surface area contributed by atoms with Gasteiger partial charge in [-0.3, -0.25) is 9.59 Å². The van der Waals surface area contributed by atoms with E-state index >= 15 is 0 Å². The molecule has 0 bridgehead atoms. The Morgan fingerprint density at radius 3 is 2.62 bits per heavy atom. The Bertz CT molecular complexity index is 905. The summed E-state index contributed by atoms with van der Waals surface area (Å²) in [5.41, 5.74) is 3.37. The van der Waals surface area contributed by atoms with Gasteiger partial charge in [0.05, 0.1) is 16.1 Å². The topological polar surface area (TPSA) is 39.1 Å². The highest BCUT2D eigenvalue weighted by Crippen LogP contribution is 2.32. The van der Waals surface area contributed by atoms with E-state index in [2.05, 4.69) is 11.5 Å². The zero-order chi connectivity index (χ0) is 18.4. The molecule has 1 aromatic carbocycles. The standard InChI is InChI=1S/C22H21NO2S/c1-2-3-13-23-16-18(11-7-14-24)20(22(25)19-12-8-15-26-19)21(23)17-9-5-4-6-10-17/h4-12,14-16H,2-3,13H2,1H3/b11-7+. The van der Waals surface area contributed by atoms with Crippen molar-refractivity contribution < 1.29 is 9.59 Å². The molecule has 0 aliphatic rings. The van der Waals surface area contributed by atoms with Crippen LogP contribution in [0.25, 0.3) is 17.3 Å². The Labute approximate surface area is 157 Å². The van der Waals surface area contributed by atoms with Crippen LogP contribution < -0.4 is 0 Å². The zero-order valence-corrected chi connectivity index (χ0v) is 15.5. The number of aldehydes is 1. The normalized spacial score (nSPS) is 11.1. The smallest absolute Gasteiger partial charge is 0.205 e. The summed E-state index contributed by atoms with van der Waals surface area (Å²) in [4.78, 5) is 24.8. The van der Waals surface area contributed by atoms with E-state index in [0.29, 0.717) is 10.4 Å². The lowest BCUT2D eigenvalue weighted by Crippen LogP contribution is -2.05. The molecule has 0 saturated heterocycles. The van der Waals surface area contributed by atoms with Crippen LogP contribution >= 0.6 is 11.3 Å². The molecule has 0 unspecified atom stereocenters. The molecule has 0 amide bonds. The number of allylic oxidation sites excluding steroid dienone is 1. The van der Waals surface area contributed by atoms with Gasteiger partial charge in [0.15, 0.2) is 0 Å². The fourth-order valence-corrected chi connectivity index (χ4v) is 3.70. The fourth-order valence-electron chi connectivity index (χ4n) is 3.03. The molecule has 0 aliphatic carbocycles. The lowest BCUT2D eigenvalue weighted by molar-refractivity contribution is -0.104. The van der Waals surface area contributed by atoms with Gasteiger partial charge in [-0.25, -0.2) is 0 Å². The molecule has 0 N–H and O–H groups in total. The van der Waals surface area contributed by atoms with Gasteiger partial charge in [-0.15, -0.1) is 11.3 Å². The molecule has 0 aliphatic heterocycles. The summed E-state index contributed by atoms with van der Waals surface area (Å²) in [6.45, 7) is 2.98. The van der Waals surface area contributed by atoms with Crippen LogP contribution in [0.5, 0.6) is 0 Å². The molecule has 0 radical (unpaired) electrons. The zero-order valence-electron chi connectivity index (χ0n) is 14.7. The monoisotopic (exact) mass is 363 g/mol. The highest BCUT2D eigenvalue weighted by atomic mass is 32.1. The number of aryl methyl sites for hydroxylation is 1. The summed E-state index contributed by atoms with van der Waals surface area (Å²) in [5, 5.41) is 1.91. The van der Waals surface area contributed by atoms with Crippen molar-refractivity contribution in [3.8, 4) is 11.3 Å². The largest absolute Gasteiger partial charge is 0.346 e. The van der Waals surface area contributed by atoms with E-state index in [-0.39, 0.29) is 5.78 Å². The number of benzene rings is 1. The molecule has 0 spiro atoms. The van der Waals surface area contributed by atoms with Crippen molar-refractivity contribution in [2.45, 2.75) is 26.3 Å². The average Bonchev–Trinajstić information content (AvgIpc) is 3.33. The van der Waals surface area contributed by atoms with Crippen molar-refractivity contribution in [1.82, 2.24) is 4.57 Å². The molecule has 132 valence electrons. The van der Waals surface area contributed by atoms with Gasteiger partial charge in [-0.1, -0.05) is 49.7 Å². The molecule has 0 fully saturated rings. The van der Waals surface area contributed by atoms with Gasteiger partial charge >= 0.3 is 0 Å². The highest BCUT2D eigenvalue weighted by Gasteiger charge is 2.23. The van der Waals surface area contributed by atoms with Crippen LogP contribution in [-0.2, 0) is 11.3 Å². The van der Waals surface area contributed by atoms with Gasteiger partial charge in [0.25, 0.3) is 0 Å². The van der Waals surface area contributed by atoms with Crippen LogP contribution in [0.15, 0.2) is 60.1 Å². The molecule has 0 atom stereocenters. The minimum absolute atomic E-state index is 0.000324. The molecular formula is C22H21NO2S. The lowest BCUT2D eigenvalue weighted by Gasteiger charge is -2.11. The number of rotatable bonds is 8. The molecule has 4 heteroatoms. The third-order valence-electron chi connectivity index (χ3n) is 4.23. The second kappa shape index (κ2) is 8.59. The molecule has 2 aromatic heterocycles. The third kappa shape index (κ3) is 3.75. The maximum atomic E-state index is 13.2. The average molecular weight is 363 g/mol. The minimum atomic E-state index is -0.000324. The van der Waals surface area contributed by atoms with Crippen molar-refractivity contribution in [3.63, 3.8) is 0 Å². The molecule has 3 aromatic rings. The van der Waals surface area contributed by atoms with E-state index in [4.69, 9.17) is 0 Å². The summed E-state index contributed by atoms with van der Waals surface area (Å²) in [6.07, 6.45) is 7.99. The molecule has 2 heterocycles. The third-order valence-corrected chi connectivity index (χ3v) is 5.10. The summed E-state index contributed by atoms with van der Waals surface area (Å²) < 4.78 is 2.14. The first-order chi connectivity index (χ1) is 12.8. The first-order valence-corrected chi connectivity index (χ1v) is 9.62. The van der Waals surface area contributed by atoms with Gasteiger partial charge in [-0.2, -0.15) is 0 Å². The van der Waals surface area contributed by atoms with E-state index in [1.165, 1.54) is 17.4 Å². The number of aromatic nitrogens is 1. The predicted octanol–water partition coefficient (Wildman–Crippen LogP) is 5.46. The van der Waals surface area contributed by atoms with Crippen molar-refractivity contribution in [2.75, 3.05) is 0 Å². The molecular weight excluding hydrogens is 342 g/mol. The van der Waals surface area contributed by atoms with E-state index in [1.807, 2.05) is 54.0 Å². The minimum Gasteiger partial charge on any atom is -0.346 e. The van der Waals surface area contributed by atoms with Gasteiger partial charge in [0.1, 0.15) is 6.29 Å². The number of ketones is 1. The summed E-state index contributed by atoms with van der Waals surface area (Å²) in [7, 11) is 0. The fraction of sp³-hybridized carbons (Fsp3) is 0.182. The van der Waals surface area contributed by atoms with Gasteiger partial charge < -0.3 is 4.57 Å². The molecule has 26 heavy (non-hydrogen) atoms. The van der Waals surface area contributed by atoms with Gasteiger partial charge in [0, 0.05) is 18.3 Å². The maximum absolute atomic E-state index is 13.2. The van der Waals surface area contributed by atoms with Crippen LogP contribution in [0.3, 0.4) is 0 Å². The number of nitrogens with zero attached hydrogens (tertiary/aromatic N) is 1. The van der Waals surface area contributed by atoms with Crippen molar-refractivity contribution in [1.29, 1.82) is 0 Å². The number of carbonyl (C=O) groups is 2. The van der Waals surface area contributed by atoms with Gasteiger partial charge in [-0.05, 0) is 35.6 Å². The SMILES string of the molecule is CCCCn1cc(/C=C/C=O)c(C(=O)c2cccs2)c1-c1ccccc1. The Morgan fingerprint density at radius 1 is 1.15 bits per heavy atom. The predicted molar refractivity (Wildman–Crippen MR) is 108 cm³/mol. The Morgan fingerprint density at radius 2 is 1.96 bits per heavy atom. The van der Waals surface area contributed by atoms with Crippen molar-refractivity contribution in [2.24, 2.45) is 0 Å². The Kier molecular flexibility index (Phi) is 5.97. The highest BCUT2D eigenvalue weighted by molar-refractivity contribution is 7.12. The second-order valence-corrected chi connectivity index (χ2v) is 6.97. The van der Waals surface area contributed by atoms with Crippen LogP contribution in [0.2, 0.25) is 0 Å². The molecule has 0 saturated carbocycles. The summed E-state index contributed by atoms with van der Waals surface area (Å²) >= 11 is 1.44. The quantitative estimate of drug-likeness (QED) is 0.303. The van der Waals surface area contributed by atoms with Crippen molar-refractivity contribution >= 4 is 29.5 Å².